The molecule has 134 valence electrons. The number of amides is 1. The van der Waals surface area contributed by atoms with Crippen molar-refractivity contribution in [2.45, 2.75) is 52.4 Å². The van der Waals surface area contributed by atoms with Crippen molar-refractivity contribution in [3.05, 3.63) is 53.9 Å². The smallest absolute Gasteiger partial charge is 0.252 e. The predicted octanol–water partition coefficient (Wildman–Crippen LogP) is 5.04. The van der Waals surface area contributed by atoms with Gasteiger partial charge in [-0.05, 0) is 35.6 Å². The lowest BCUT2D eigenvalue weighted by molar-refractivity contribution is 0.0952. The Kier molecular flexibility index (Phi) is 6.57. The first-order chi connectivity index (χ1) is 11.9. The van der Waals surface area contributed by atoms with Crippen LogP contribution in [0.4, 0.5) is 11.4 Å². The summed E-state index contributed by atoms with van der Waals surface area (Å²) in [5.74, 6) is -0.0738. The lowest BCUT2D eigenvalue weighted by Gasteiger charge is -2.19. The standard InChI is InChI=1S/C21H29N3O/c1-5-6-7-12-23-20(25)16-13-19(15-22-14-16)24-18-10-8-17(9-11-18)21(2,3)4/h8-11,13-15,24H,5-7,12H2,1-4H3,(H,23,25). The first kappa shape index (κ1) is 19.0. The van der Waals surface area contributed by atoms with Crippen LogP contribution in [0.25, 0.3) is 0 Å². The monoisotopic (exact) mass is 339 g/mol. The first-order valence-electron chi connectivity index (χ1n) is 9.01. The van der Waals surface area contributed by atoms with E-state index in [0.717, 1.165) is 30.6 Å². The molecule has 0 spiro atoms. The maximum absolute atomic E-state index is 12.2. The summed E-state index contributed by atoms with van der Waals surface area (Å²) in [4.78, 5) is 16.4. The van der Waals surface area contributed by atoms with Gasteiger partial charge >= 0.3 is 0 Å². The van der Waals surface area contributed by atoms with Crippen LogP contribution in [0.1, 0.15) is 62.9 Å². The van der Waals surface area contributed by atoms with Crippen molar-refractivity contribution >= 4 is 17.3 Å². The van der Waals surface area contributed by atoms with E-state index in [1.165, 1.54) is 5.56 Å². The number of hydrogen-bond donors (Lipinski definition) is 2. The number of anilines is 2. The highest BCUT2D eigenvalue weighted by Crippen LogP contribution is 2.24. The van der Waals surface area contributed by atoms with Crippen LogP contribution in [0, 0.1) is 0 Å². The zero-order chi connectivity index (χ0) is 18.3. The quantitative estimate of drug-likeness (QED) is 0.695. The minimum Gasteiger partial charge on any atom is -0.354 e. The molecule has 1 heterocycles. The largest absolute Gasteiger partial charge is 0.354 e. The fourth-order valence-corrected chi connectivity index (χ4v) is 2.53. The van der Waals surface area contributed by atoms with Crippen molar-refractivity contribution in [1.82, 2.24) is 10.3 Å². The van der Waals surface area contributed by atoms with E-state index in [2.05, 4.69) is 67.6 Å². The molecule has 2 N–H and O–H groups in total. The van der Waals surface area contributed by atoms with Gasteiger partial charge in [0, 0.05) is 18.4 Å². The number of carbonyl (C=O) groups is 1. The molecule has 0 atom stereocenters. The molecule has 2 aromatic rings. The number of unbranched alkanes of at least 4 members (excludes halogenated alkanes) is 2. The summed E-state index contributed by atoms with van der Waals surface area (Å²) in [6, 6.07) is 10.2. The molecule has 0 saturated heterocycles. The lowest BCUT2D eigenvalue weighted by atomic mass is 9.87. The molecule has 0 fully saturated rings. The Bertz CT molecular complexity index is 687. The summed E-state index contributed by atoms with van der Waals surface area (Å²) in [5.41, 5.74) is 3.79. The van der Waals surface area contributed by atoms with E-state index in [4.69, 9.17) is 0 Å². The molecule has 4 heteroatoms. The molecule has 1 aromatic heterocycles. The first-order valence-corrected chi connectivity index (χ1v) is 9.01. The van der Waals surface area contributed by atoms with Crippen LogP contribution in [0.3, 0.4) is 0 Å². The summed E-state index contributed by atoms with van der Waals surface area (Å²) < 4.78 is 0. The van der Waals surface area contributed by atoms with Gasteiger partial charge in [0.25, 0.3) is 5.91 Å². The molecule has 4 nitrogen and oxygen atoms in total. The summed E-state index contributed by atoms with van der Waals surface area (Å²) >= 11 is 0. The van der Waals surface area contributed by atoms with Crippen molar-refractivity contribution in [2.24, 2.45) is 0 Å². The van der Waals surface area contributed by atoms with E-state index in [9.17, 15) is 4.79 Å². The van der Waals surface area contributed by atoms with Gasteiger partial charge in [-0.25, -0.2) is 0 Å². The van der Waals surface area contributed by atoms with Gasteiger partial charge in [-0.2, -0.15) is 0 Å². The van der Waals surface area contributed by atoms with E-state index < -0.39 is 0 Å². The van der Waals surface area contributed by atoms with Gasteiger partial charge in [-0.15, -0.1) is 0 Å². The number of pyridine rings is 1. The van der Waals surface area contributed by atoms with Gasteiger partial charge in [0.05, 0.1) is 17.4 Å². The molecular weight excluding hydrogens is 310 g/mol. The van der Waals surface area contributed by atoms with Gasteiger partial charge in [0.15, 0.2) is 0 Å². The normalized spacial score (nSPS) is 11.2. The zero-order valence-electron chi connectivity index (χ0n) is 15.7. The summed E-state index contributed by atoms with van der Waals surface area (Å²) in [6.07, 6.45) is 6.61. The molecule has 0 radical (unpaired) electrons. The Balaban J connectivity index is 2.00. The molecule has 0 aliphatic carbocycles. The van der Waals surface area contributed by atoms with Gasteiger partial charge < -0.3 is 10.6 Å². The van der Waals surface area contributed by atoms with Crippen molar-refractivity contribution in [3.8, 4) is 0 Å². The predicted molar refractivity (Wildman–Crippen MR) is 105 cm³/mol. The summed E-state index contributed by atoms with van der Waals surface area (Å²) in [5, 5.41) is 6.25. The minimum absolute atomic E-state index is 0.0738. The van der Waals surface area contributed by atoms with Crippen molar-refractivity contribution in [3.63, 3.8) is 0 Å². The van der Waals surface area contributed by atoms with Crippen LogP contribution >= 0.6 is 0 Å². The van der Waals surface area contributed by atoms with Gasteiger partial charge in [-0.1, -0.05) is 52.7 Å². The Morgan fingerprint density at radius 3 is 2.40 bits per heavy atom. The highest BCUT2D eigenvalue weighted by atomic mass is 16.1. The molecule has 2 rings (SSSR count). The Morgan fingerprint density at radius 2 is 1.76 bits per heavy atom. The fourth-order valence-electron chi connectivity index (χ4n) is 2.53. The summed E-state index contributed by atoms with van der Waals surface area (Å²) in [7, 11) is 0. The molecule has 0 bridgehead atoms. The van der Waals surface area contributed by atoms with Gasteiger partial charge in [0.1, 0.15) is 0 Å². The number of carbonyl (C=O) groups excluding carboxylic acids is 1. The van der Waals surface area contributed by atoms with Crippen LogP contribution in [0.5, 0.6) is 0 Å². The number of benzene rings is 1. The number of rotatable bonds is 7. The average Bonchev–Trinajstić information content (AvgIpc) is 2.58. The third-order valence-corrected chi connectivity index (χ3v) is 4.11. The molecule has 1 aromatic carbocycles. The second-order valence-corrected chi connectivity index (χ2v) is 7.38. The zero-order valence-corrected chi connectivity index (χ0v) is 15.7. The van der Waals surface area contributed by atoms with Crippen molar-refractivity contribution in [1.29, 1.82) is 0 Å². The van der Waals surface area contributed by atoms with Crippen LogP contribution in [0.2, 0.25) is 0 Å². The van der Waals surface area contributed by atoms with Gasteiger partial charge in [0.2, 0.25) is 0 Å². The number of hydrogen-bond acceptors (Lipinski definition) is 3. The molecule has 0 saturated carbocycles. The third kappa shape index (κ3) is 5.89. The average molecular weight is 339 g/mol. The van der Waals surface area contributed by atoms with Gasteiger partial charge in [-0.3, -0.25) is 9.78 Å². The van der Waals surface area contributed by atoms with E-state index in [-0.39, 0.29) is 11.3 Å². The maximum Gasteiger partial charge on any atom is 0.252 e. The number of nitrogens with one attached hydrogen (secondary N) is 2. The second-order valence-electron chi connectivity index (χ2n) is 7.38. The second kappa shape index (κ2) is 8.65. The molecular formula is C21H29N3O. The lowest BCUT2D eigenvalue weighted by Crippen LogP contribution is -2.24. The minimum atomic E-state index is -0.0738. The van der Waals surface area contributed by atoms with Crippen LogP contribution < -0.4 is 10.6 Å². The van der Waals surface area contributed by atoms with E-state index in [1.54, 1.807) is 12.4 Å². The van der Waals surface area contributed by atoms with Crippen LogP contribution in [-0.2, 0) is 5.41 Å². The highest BCUT2D eigenvalue weighted by molar-refractivity contribution is 5.94. The molecule has 25 heavy (non-hydrogen) atoms. The Hall–Kier alpha value is -2.36. The number of nitrogens with zero attached hydrogens (tertiary/aromatic N) is 1. The molecule has 0 unspecified atom stereocenters. The van der Waals surface area contributed by atoms with E-state index in [0.29, 0.717) is 12.1 Å². The Morgan fingerprint density at radius 1 is 1.04 bits per heavy atom. The molecule has 0 aliphatic rings. The molecule has 0 aliphatic heterocycles. The SMILES string of the molecule is CCCCCNC(=O)c1cncc(Nc2ccc(C(C)(C)C)cc2)c1. The highest BCUT2D eigenvalue weighted by Gasteiger charge is 2.13. The topological polar surface area (TPSA) is 54.0 Å². The fraction of sp³-hybridized carbons (Fsp3) is 0.429. The molecule has 1 amide bonds. The maximum atomic E-state index is 12.2. The third-order valence-electron chi connectivity index (χ3n) is 4.11. The van der Waals surface area contributed by atoms with E-state index in [1.807, 2.05) is 6.07 Å². The van der Waals surface area contributed by atoms with Crippen LogP contribution in [0.15, 0.2) is 42.7 Å². The van der Waals surface area contributed by atoms with Crippen molar-refractivity contribution in [2.75, 3.05) is 11.9 Å². The van der Waals surface area contributed by atoms with Crippen LogP contribution in [-0.4, -0.2) is 17.4 Å². The van der Waals surface area contributed by atoms with Crippen molar-refractivity contribution < 1.29 is 4.79 Å². The number of aromatic nitrogens is 1. The summed E-state index contributed by atoms with van der Waals surface area (Å²) in [6.45, 7) is 9.44. The van der Waals surface area contributed by atoms with E-state index >= 15 is 0 Å². The Labute approximate surface area is 151 Å².